The molecule has 1 aromatic heterocycles. The summed E-state index contributed by atoms with van der Waals surface area (Å²) >= 11 is 0. The smallest absolute Gasteiger partial charge is 0.243 e. The molecule has 2 aliphatic rings. The van der Waals surface area contributed by atoms with E-state index in [4.69, 9.17) is 4.74 Å². The summed E-state index contributed by atoms with van der Waals surface area (Å²) in [5.74, 6) is 2.42. The number of benzene rings is 1. The van der Waals surface area contributed by atoms with E-state index in [2.05, 4.69) is 20.0 Å². The number of sulfonamides is 1. The number of aryl methyl sites for hydroxylation is 2. The number of hydrogen-bond acceptors (Lipinski definition) is 7. The summed E-state index contributed by atoms with van der Waals surface area (Å²) in [5, 5.41) is 8.77. The summed E-state index contributed by atoms with van der Waals surface area (Å²) in [6, 6.07) is 7.50. The van der Waals surface area contributed by atoms with Crippen molar-refractivity contribution in [1.29, 1.82) is 0 Å². The van der Waals surface area contributed by atoms with Crippen LogP contribution >= 0.6 is 0 Å². The Balaban J connectivity index is 1.44. The van der Waals surface area contributed by atoms with Crippen LogP contribution in [0.3, 0.4) is 0 Å². The highest BCUT2D eigenvalue weighted by molar-refractivity contribution is 7.89. The Morgan fingerprint density at radius 1 is 0.833 bits per heavy atom. The van der Waals surface area contributed by atoms with Gasteiger partial charge in [-0.1, -0.05) is 0 Å². The summed E-state index contributed by atoms with van der Waals surface area (Å²) in [7, 11) is -1.96. The van der Waals surface area contributed by atoms with Crippen molar-refractivity contribution in [2.45, 2.75) is 31.6 Å². The second kappa shape index (κ2) is 8.39. The molecule has 30 heavy (non-hydrogen) atoms. The minimum atomic E-state index is -3.56. The summed E-state index contributed by atoms with van der Waals surface area (Å²) in [6.45, 7) is 7.76. The molecule has 2 aromatic rings. The van der Waals surface area contributed by atoms with Gasteiger partial charge in [-0.05, 0) is 62.1 Å². The van der Waals surface area contributed by atoms with Crippen molar-refractivity contribution >= 4 is 21.7 Å². The monoisotopic (exact) mass is 431 g/mol. The van der Waals surface area contributed by atoms with Gasteiger partial charge in [-0.25, -0.2) is 8.42 Å². The lowest BCUT2D eigenvalue weighted by Crippen LogP contribution is -2.49. The van der Waals surface area contributed by atoms with Gasteiger partial charge in [0.05, 0.1) is 12.0 Å². The number of piperazine rings is 1. The minimum Gasteiger partial charge on any atom is -0.496 e. The molecule has 0 bridgehead atoms. The molecule has 4 rings (SSSR count). The Bertz CT molecular complexity index is 996. The standard InChI is InChI=1S/C21H29N5O3S/c1-16-15-19(17(2)14-18(16)29-3)30(27,28)26-12-10-25(11-13-26)21-7-6-20(22-23-21)24-8-4-5-9-24/h6-7,14-15H,4-5,8-13H2,1-3H3. The van der Waals surface area contributed by atoms with Crippen LogP contribution in [0.5, 0.6) is 5.75 Å². The highest BCUT2D eigenvalue weighted by atomic mass is 32.2. The van der Waals surface area contributed by atoms with E-state index in [-0.39, 0.29) is 0 Å². The number of hydrogen-bond donors (Lipinski definition) is 0. The second-order valence-corrected chi connectivity index (χ2v) is 9.83. The van der Waals surface area contributed by atoms with Crippen molar-refractivity contribution in [3.8, 4) is 5.75 Å². The molecule has 0 aliphatic carbocycles. The zero-order valence-electron chi connectivity index (χ0n) is 17.8. The van der Waals surface area contributed by atoms with E-state index in [9.17, 15) is 8.42 Å². The van der Waals surface area contributed by atoms with Gasteiger partial charge in [0.1, 0.15) is 5.75 Å². The average Bonchev–Trinajstić information content (AvgIpc) is 3.30. The summed E-state index contributed by atoms with van der Waals surface area (Å²) in [6.07, 6.45) is 2.40. The highest BCUT2D eigenvalue weighted by Gasteiger charge is 2.30. The van der Waals surface area contributed by atoms with E-state index in [0.29, 0.717) is 42.4 Å². The topological polar surface area (TPSA) is 78.9 Å². The van der Waals surface area contributed by atoms with Gasteiger partial charge in [0.2, 0.25) is 10.0 Å². The largest absolute Gasteiger partial charge is 0.496 e. The lowest BCUT2D eigenvalue weighted by atomic mass is 10.1. The Hall–Kier alpha value is -2.39. The molecule has 8 nitrogen and oxygen atoms in total. The molecule has 0 atom stereocenters. The fraction of sp³-hybridized carbons (Fsp3) is 0.524. The van der Waals surface area contributed by atoms with E-state index < -0.39 is 10.0 Å². The average molecular weight is 432 g/mol. The number of ether oxygens (including phenoxy) is 1. The van der Waals surface area contributed by atoms with Crippen molar-refractivity contribution in [3.63, 3.8) is 0 Å². The molecule has 2 fully saturated rings. The SMILES string of the molecule is COc1cc(C)c(S(=O)(=O)N2CCN(c3ccc(N4CCCC4)nn3)CC2)cc1C. The summed E-state index contributed by atoms with van der Waals surface area (Å²) < 4.78 is 33.3. The van der Waals surface area contributed by atoms with E-state index in [1.54, 1.807) is 23.5 Å². The molecule has 0 unspecified atom stereocenters. The van der Waals surface area contributed by atoms with Gasteiger partial charge in [-0.2, -0.15) is 4.31 Å². The Morgan fingerprint density at radius 3 is 1.93 bits per heavy atom. The van der Waals surface area contributed by atoms with Crippen LogP contribution < -0.4 is 14.5 Å². The lowest BCUT2D eigenvalue weighted by molar-refractivity contribution is 0.382. The van der Waals surface area contributed by atoms with Gasteiger partial charge < -0.3 is 14.5 Å². The number of anilines is 2. The van der Waals surface area contributed by atoms with Gasteiger partial charge in [0.15, 0.2) is 11.6 Å². The van der Waals surface area contributed by atoms with E-state index in [1.165, 1.54) is 12.8 Å². The molecule has 0 saturated carbocycles. The van der Waals surface area contributed by atoms with Crippen LogP contribution in [0, 0.1) is 13.8 Å². The Morgan fingerprint density at radius 2 is 1.40 bits per heavy atom. The van der Waals surface area contributed by atoms with Crippen molar-refractivity contribution in [2.75, 3.05) is 56.2 Å². The normalized spacial score (nSPS) is 18.1. The Kier molecular flexibility index (Phi) is 5.84. The van der Waals surface area contributed by atoms with Crippen molar-refractivity contribution in [2.24, 2.45) is 0 Å². The van der Waals surface area contributed by atoms with Crippen molar-refractivity contribution < 1.29 is 13.2 Å². The van der Waals surface area contributed by atoms with Crippen LogP contribution in [0.1, 0.15) is 24.0 Å². The molecule has 0 radical (unpaired) electrons. The number of methoxy groups -OCH3 is 1. The highest BCUT2D eigenvalue weighted by Crippen LogP contribution is 2.29. The lowest BCUT2D eigenvalue weighted by Gasteiger charge is -2.34. The molecule has 0 amide bonds. The third-order valence-electron chi connectivity index (χ3n) is 5.94. The fourth-order valence-electron chi connectivity index (χ4n) is 4.16. The second-order valence-electron chi connectivity index (χ2n) is 7.92. The molecule has 2 aliphatic heterocycles. The third kappa shape index (κ3) is 3.96. The van der Waals surface area contributed by atoms with Crippen LogP contribution in [0.2, 0.25) is 0 Å². The van der Waals surface area contributed by atoms with Gasteiger partial charge >= 0.3 is 0 Å². The first-order chi connectivity index (χ1) is 14.4. The van der Waals surface area contributed by atoms with Gasteiger partial charge in [0, 0.05) is 39.3 Å². The maximum absolute atomic E-state index is 13.2. The number of aromatic nitrogens is 2. The molecule has 0 spiro atoms. The Labute approximate surface area is 178 Å². The number of nitrogens with zero attached hydrogens (tertiary/aromatic N) is 5. The molecular weight excluding hydrogens is 402 g/mol. The summed E-state index contributed by atoms with van der Waals surface area (Å²) in [5.41, 5.74) is 1.51. The molecule has 9 heteroatoms. The van der Waals surface area contributed by atoms with Crippen LogP contribution in [0.25, 0.3) is 0 Å². The van der Waals surface area contributed by atoms with Gasteiger partial charge in [-0.3, -0.25) is 0 Å². The maximum Gasteiger partial charge on any atom is 0.243 e. The molecule has 1 aromatic carbocycles. The van der Waals surface area contributed by atoms with Crippen LogP contribution in [-0.4, -0.2) is 69.3 Å². The quantitative estimate of drug-likeness (QED) is 0.718. The minimum absolute atomic E-state index is 0.351. The predicted molar refractivity (Wildman–Crippen MR) is 117 cm³/mol. The van der Waals surface area contributed by atoms with E-state index >= 15 is 0 Å². The molecule has 162 valence electrons. The fourth-order valence-corrected chi connectivity index (χ4v) is 5.87. The zero-order chi connectivity index (χ0) is 21.3. The van der Waals surface area contributed by atoms with E-state index in [1.807, 2.05) is 26.0 Å². The molecule has 3 heterocycles. The molecule has 2 saturated heterocycles. The van der Waals surface area contributed by atoms with Crippen molar-refractivity contribution in [3.05, 3.63) is 35.4 Å². The maximum atomic E-state index is 13.2. The van der Waals surface area contributed by atoms with Gasteiger partial charge in [0.25, 0.3) is 0 Å². The van der Waals surface area contributed by atoms with Crippen LogP contribution in [0.4, 0.5) is 11.6 Å². The number of rotatable bonds is 5. The van der Waals surface area contributed by atoms with Crippen molar-refractivity contribution in [1.82, 2.24) is 14.5 Å². The first kappa shape index (κ1) is 20.9. The van der Waals surface area contributed by atoms with Crippen LogP contribution in [0.15, 0.2) is 29.2 Å². The molecular formula is C21H29N5O3S. The van der Waals surface area contributed by atoms with E-state index in [0.717, 1.165) is 30.3 Å². The third-order valence-corrected chi connectivity index (χ3v) is 7.98. The first-order valence-corrected chi connectivity index (χ1v) is 11.8. The van der Waals surface area contributed by atoms with Gasteiger partial charge in [-0.15, -0.1) is 10.2 Å². The zero-order valence-corrected chi connectivity index (χ0v) is 18.7. The predicted octanol–water partition coefficient (Wildman–Crippen LogP) is 2.21. The summed E-state index contributed by atoms with van der Waals surface area (Å²) in [4.78, 5) is 4.70. The van der Waals surface area contributed by atoms with Crippen LogP contribution in [-0.2, 0) is 10.0 Å². The first-order valence-electron chi connectivity index (χ1n) is 10.4. The molecule has 0 N–H and O–H groups in total.